The third-order valence-electron chi connectivity index (χ3n) is 3.56. The van der Waals surface area contributed by atoms with Gasteiger partial charge in [-0.1, -0.05) is 11.2 Å². The van der Waals surface area contributed by atoms with Crippen molar-refractivity contribution >= 4 is 23.5 Å². The number of aryl methyl sites for hydroxylation is 2. The second-order valence-electron chi connectivity index (χ2n) is 4.90. The molecule has 1 aliphatic carbocycles. The Kier molecular flexibility index (Phi) is 3.68. The zero-order chi connectivity index (χ0) is 14.7. The van der Waals surface area contributed by atoms with Crippen LogP contribution in [0.2, 0.25) is 0 Å². The predicted octanol–water partition coefficient (Wildman–Crippen LogP) is 2.27. The number of anilines is 3. The van der Waals surface area contributed by atoms with Gasteiger partial charge in [0.2, 0.25) is 0 Å². The van der Waals surface area contributed by atoms with E-state index in [0.717, 1.165) is 12.1 Å². The zero-order valence-corrected chi connectivity index (χ0v) is 11.8. The van der Waals surface area contributed by atoms with Crippen molar-refractivity contribution in [1.82, 2.24) is 9.97 Å². The molecule has 108 valence electrons. The van der Waals surface area contributed by atoms with E-state index in [1.165, 1.54) is 43.6 Å². The molecule has 0 unspecified atom stereocenters. The number of benzene rings is 1. The molecule has 0 fully saturated rings. The molecule has 2 aromatic rings. The summed E-state index contributed by atoms with van der Waals surface area (Å²) in [5, 5.41) is 7.01. The van der Waals surface area contributed by atoms with Gasteiger partial charge in [-0.2, -0.15) is 0 Å². The summed E-state index contributed by atoms with van der Waals surface area (Å²) >= 11 is 0. The molecule has 0 atom stereocenters. The van der Waals surface area contributed by atoms with Gasteiger partial charge in [0.1, 0.15) is 25.1 Å². The fourth-order valence-corrected chi connectivity index (χ4v) is 2.53. The van der Waals surface area contributed by atoms with E-state index < -0.39 is 0 Å². The van der Waals surface area contributed by atoms with Crippen molar-refractivity contribution in [3.8, 4) is 0 Å². The van der Waals surface area contributed by atoms with Crippen LogP contribution in [-0.2, 0) is 17.7 Å². The quantitative estimate of drug-likeness (QED) is 0.664. The molecule has 0 saturated carbocycles. The van der Waals surface area contributed by atoms with Crippen molar-refractivity contribution < 1.29 is 4.84 Å². The van der Waals surface area contributed by atoms with E-state index in [-0.39, 0.29) is 0 Å². The number of aromatic nitrogens is 2. The number of nitrogen functional groups attached to an aromatic ring is 1. The maximum absolute atomic E-state index is 5.87. The summed E-state index contributed by atoms with van der Waals surface area (Å²) in [6, 6.07) is 6.38. The fraction of sp³-hybridized carbons (Fsp3) is 0.267. The maximum atomic E-state index is 5.87. The maximum Gasteiger partial charge on any atom is 0.144 e. The third-order valence-corrected chi connectivity index (χ3v) is 3.56. The van der Waals surface area contributed by atoms with E-state index in [9.17, 15) is 0 Å². The summed E-state index contributed by atoms with van der Waals surface area (Å²) in [6.07, 6.45) is 6.46. The first-order valence-electron chi connectivity index (χ1n) is 6.84. The molecule has 6 nitrogen and oxygen atoms in total. The summed E-state index contributed by atoms with van der Waals surface area (Å²) in [5.74, 6) is 0.968. The lowest BCUT2D eigenvalue weighted by atomic mass is 10.1. The Labute approximate surface area is 123 Å². The Hall–Kier alpha value is -2.63. The highest BCUT2D eigenvalue weighted by Crippen LogP contribution is 2.27. The van der Waals surface area contributed by atoms with Crippen molar-refractivity contribution in [2.24, 2.45) is 5.16 Å². The number of rotatable bonds is 4. The standard InChI is InChI=1S/C15H17N5O/c1-21-19-8-13-14(16)17-9-18-15(13)20-12-6-5-10-3-2-4-11(10)7-12/h5-9H,2-4H2,1H3,(H3,16,17,18,20). The van der Waals surface area contributed by atoms with Crippen LogP contribution in [0.25, 0.3) is 0 Å². The Morgan fingerprint density at radius 2 is 2.14 bits per heavy atom. The van der Waals surface area contributed by atoms with E-state index in [1.54, 1.807) is 0 Å². The van der Waals surface area contributed by atoms with Crippen LogP contribution in [0.5, 0.6) is 0 Å². The van der Waals surface area contributed by atoms with Crippen molar-refractivity contribution in [3.63, 3.8) is 0 Å². The van der Waals surface area contributed by atoms with E-state index >= 15 is 0 Å². The Morgan fingerprint density at radius 1 is 1.29 bits per heavy atom. The largest absolute Gasteiger partial charge is 0.399 e. The van der Waals surface area contributed by atoms with Gasteiger partial charge < -0.3 is 15.9 Å². The average Bonchev–Trinajstić information content (AvgIpc) is 2.94. The van der Waals surface area contributed by atoms with Gasteiger partial charge in [0.15, 0.2) is 0 Å². The third kappa shape index (κ3) is 2.79. The molecule has 1 aromatic carbocycles. The Morgan fingerprint density at radius 3 is 3.00 bits per heavy atom. The minimum Gasteiger partial charge on any atom is -0.399 e. The van der Waals surface area contributed by atoms with Crippen molar-refractivity contribution in [2.75, 3.05) is 18.2 Å². The number of oxime groups is 1. The second-order valence-corrected chi connectivity index (χ2v) is 4.90. The Bertz CT molecular complexity index is 684. The van der Waals surface area contributed by atoms with Crippen LogP contribution in [0, 0.1) is 0 Å². The molecule has 0 radical (unpaired) electrons. The van der Waals surface area contributed by atoms with Crippen LogP contribution in [0.4, 0.5) is 17.3 Å². The molecule has 6 heteroatoms. The zero-order valence-electron chi connectivity index (χ0n) is 11.8. The van der Waals surface area contributed by atoms with E-state index in [2.05, 4.69) is 38.6 Å². The predicted molar refractivity (Wildman–Crippen MR) is 82.8 cm³/mol. The molecule has 0 aliphatic heterocycles. The minimum absolute atomic E-state index is 0.356. The highest BCUT2D eigenvalue weighted by atomic mass is 16.6. The molecule has 0 spiro atoms. The van der Waals surface area contributed by atoms with Crippen molar-refractivity contribution in [3.05, 3.63) is 41.2 Å². The fourth-order valence-electron chi connectivity index (χ4n) is 2.53. The number of nitrogens with two attached hydrogens (primary N) is 1. The molecule has 3 N–H and O–H groups in total. The lowest BCUT2D eigenvalue weighted by molar-refractivity contribution is 0.215. The summed E-state index contributed by atoms with van der Waals surface area (Å²) in [7, 11) is 1.48. The van der Waals surface area contributed by atoms with Crippen LogP contribution in [0.15, 0.2) is 29.7 Å². The molecule has 0 saturated heterocycles. The van der Waals surface area contributed by atoms with Crippen molar-refractivity contribution in [1.29, 1.82) is 0 Å². The molecule has 21 heavy (non-hydrogen) atoms. The van der Waals surface area contributed by atoms with Crippen LogP contribution in [0.3, 0.4) is 0 Å². The van der Waals surface area contributed by atoms with Gasteiger partial charge >= 0.3 is 0 Å². The van der Waals surface area contributed by atoms with Gasteiger partial charge in [-0.25, -0.2) is 9.97 Å². The van der Waals surface area contributed by atoms with E-state index in [4.69, 9.17) is 10.6 Å². The first-order valence-corrected chi connectivity index (χ1v) is 6.84. The van der Waals surface area contributed by atoms with Gasteiger partial charge in [0.25, 0.3) is 0 Å². The van der Waals surface area contributed by atoms with Crippen LogP contribution >= 0.6 is 0 Å². The number of hydrogen-bond acceptors (Lipinski definition) is 6. The summed E-state index contributed by atoms with van der Waals surface area (Å²) in [4.78, 5) is 12.9. The minimum atomic E-state index is 0.356. The van der Waals surface area contributed by atoms with Crippen molar-refractivity contribution in [2.45, 2.75) is 19.3 Å². The Balaban J connectivity index is 1.91. The lowest BCUT2D eigenvalue weighted by Gasteiger charge is -2.10. The monoisotopic (exact) mass is 283 g/mol. The number of nitrogens with one attached hydrogen (secondary N) is 1. The molecule has 1 aliphatic rings. The number of hydrogen-bond donors (Lipinski definition) is 2. The van der Waals surface area contributed by atoms with Crippen LogP contribution in [-0.4, -0.2) is 23.3 Å². The van der Waals surface area contributed by atoms with Gasteiger partial charge in [0, 0.05) is 5.69 Å². The normalized spacial score (nSPS) is 13.4. The smallest absolute Gasteiger partial charge is 0.144 e. The highest BCUT2D eigenvalue weighted by molar-refractivity contribution is 5.92. The number of nitrogens with zero attached hydrogens (tertiary/aromatic N) is 3. The van der Waals surface area contributed by atoms with E-state index in [0.29, 0.717) is 17.2 Å². The molecule has 1 heterocycles. The number of fused-ring (bicyclic) bond motifs is 1. The van der Waals surface area contributed by atoms with E-state index in [1.807, 2.05) is 0 Å². The van der Waals surface area contributed by atoms with Gasteiger partial charge in [-0.15, -0.1) is 0 Å². The van der Waals surface area contributed by atoms with Gasteiger partial charge in [0.05, 0.1) is 11.8 Å². The first kappa shape index (κ1) is 13.4. The molecule has 0 bridgehead atoms. The van der Waals surface area contributed by atoms with Crippen LogP contribution in [0.1, 0.15) is 23.1 Å². The molecular weight excluding hydrogens is 266 g/mol. The topological polar surface area (TPSA) is 85.4 Å². The SMILES string of the molecule is CON=Cc1c(N)ncnc1Nc1ccc2c(c1)CCC2. The first-order chi connectivity index (χ1) is 10.3. The molecule has 1 aromatic heterocycles. The summed E-state index contributed by atoms with van der Waals surface area (Å²) < 4.78 is 0. The van der Waals surface area contributed by atoms with Crippen LogP contribution < -0.4 is 11.1 Å². The summed E-state index contributed by atoms with van der Waals surface area (Å²) in [5.41, 5.74) is 10.3. The van der Waals surface area contributed by atoms with Gasteiger partial charge in [-0.3, -0.25) is 0 Å². The van der Waals surface area contributed by atoms with Gasteiger partial charge in [-0.05, 0) is 42.5 Å². The average molecular weight is 283 g/mol. The summed E-state index contributed by atoms with van der Waals surface area (Å²) in [6.45, 7) is 0. The molecular formula is C15H17N5O. The molecule has 0 amide bonds. The highest BCUT2D eigenvalue weighted by Gasteiger charge is 2.12. The molecule has 3 rings (SSSR count). The second kappa shape index (κ2) is 5.78. The lowest BCUT2D eigenvalue weighted by Crippen LogP contribution is -2.05.